The third-order valence-corrected chi connectivity index (χ3v) is 7.18. The zero-order valence-corrected chi connectivity index (χ0v) is 22.0. The number of nitrogens with one attached hydrogen (secondary N) is 1. The first-order valence-electron chi connectivity index (χ1n) is 12.5. The number of carbonyl (C=O) groups is 2. The second kappa shape index (κ2) is 9.76. The maximum absolute atomic E-state index is 13.2. The maximum atomic E-state index is 13.2. The molecule has 0 bridgehead atoms. The highest BCUT2D eigenvalue weighted by Gasteiger charge is 2.35. The van der Waals surface area contributed by atoms with Gasteiger partial charge in [0.05, 0.1) is 18.0 Å². The zero-order chi connectivity index (χ0) is 26.2. The third-order valence-electron chi connectivity index (χ3n) is 7.18. The van der Waals surface area contributed by atoms with Crippen LogP contribution in [0.4, 0.5) is 11.8 Å². The molecule has 190 valence electrons. The summed E-state index contributed by atoms with van der Waals surface area (Å²) in [6.07, 6.45) is 0. The van der Waals surface area contributed by atoms with Crippen LogP contribution in [-0.4, -0.2) is 63.8 Å². The van der Waals surface area contributed by atoms with Crippen LogP contribution in [0.2, 0.25) is 0 Å². The summed E-state index contributed by atoms with van der Waals surface area (Å²) in [5.41, 5.74) is 2.73. The molecular weight excluding hydrogens is 454 g/mol. The lowest BCUT2D eigenvalue weighted by Crippen LogP contribution is -2.48. The van der Waals surface area contributed by atoms with Gasteiger partial charge in [-0.1, -0.05) is 24.3 Å². The average molecular weight is 490 g/mol. The first-order valence-corrected chi connectivity index (χ1v) is 12.5. The molecule has 1 saturated heterocycles. The monoisotopic (exact) mass is 489 g/mol. The van der Waals surface area contributed by atoms with Gasteiger partial charge in [-0.3, -0.25) is 9.59 Å². The molecule has 9 heteroatoms. The minimum atomic E-state index is -0.551. The largest absolute Gasteiger partial charge is 0.363 e. The van der Waals surface area contributed by atoms with Crippen molar-refractivity contribution >= 4 is 23.6 Å². The van der Waals surface area contributed by atoms with Gasteiger partial charge >= 0.3 is 0 Å². The van der Waals surface area contributed by atoms with Crippen molar-refractivity contribution in [3.63, 3.8) is 0 Å². The number of anilines is 2. The Hall–Kier alpha value is -3.67. The van der Waals surface area contributed by atoms with Gasteiger partial charge in [-0.15, -0.1) is 0 Å². The van der Waals surface area contributed by atoms with Crippen LogP contribution in [0.3, 0.4) is 0 Å². The molecule has 1 atom stereocenters. The predicted molar refractivity (Wildman–Crippen MR) is 139 cm³/mol. The predicted octanol–water partition coefficient (Wildman–Crippen LogP) is 3.48. The molecule has 1 N–H and O–H groups in total. The standard InChI is InChI=1S/C27H35N7O2/c1-17(2)34-15-22-23(25(34)36)30-26(33-13-11-32(12-14-33)19(4)35)31-24(22)29-18(3)20-7-9-21(10-8-20)27(5,6)16-28/h7-10,17-18H,11-15H2,1-6H3,(H,29,30,31). The molecule has 1 unspecified atom stereocenters. The number of piperazine rings is 1. The summed E-state index contributed by atoms with van der Waals surface area (Å²) in [5, 5.41) is 13.0. The number of aromatic nitrogens is 2. The van der Waals surface area contributed by atoms with Crippen LogP contribution < -0.4 is 10.2 Å². The van der Waals surface area contributed by atoms with Crippen molar-refractivity contribution in [3.05, 3.63) is 46.6 Å². The second-order valence-electron chi connectivity index (χ2n) is 10.4. The van der Waals surface area contributed by atoms with E-state index in [1.165, 1.54) is 0 Å². The number of amides is 2. The van der Waals surface area contributed by atoms with Gasteiger partial charge in [0, 0.05) is 50.7 Å². The van der Waals surface area contributed by atoms with Crippen LogP contribution in [0.1, 0.15) is 74.8 Å². The van der Waals surface area contributed by atoms with Crippen molar-refractivity contribution in [1.29, 1.82) is 5.26 Å². The van der Waals surface area contributed by atoms with E-state index in [0.717, 1.165) is 16.7 Å². The molecule has 1 aromatic carbocycles. The molecule has 4 rings (SSSR count). The molecule has 0 saturated carbocycles. The fourth-order valence-electron chi connectivity index (χ4n) is 4.62. The number of nitrogens with zero attached hydrogens (tertiary/aromatic N) is 6. The molecule has 0 aliphatic carbocycles. The van der Waals surface area contributed by atoms with E-state index in [1.807, 2.05) is 66.7 Å². The molecular formula is C27H35N7O2. The minimum Gasteiger partial charge on any atom is -0.363 e. The summed E-state index contributed by atoms with van der Waals surface area (Å²) in [5.74, 6) is 1.16. The van der Waals surface area contributed by atoms with E-state index in [1.54, 1.807) is 6.92 Å². The van der Waals surface area contributed by atoms with Crippen molar-refractivity contribution < 1.29 is 9.59 Å². The quantitative estimate of drug-likeness (QED) is 0.662. The van der Waals surface area contributed by atoms with Gasteiger partial charge in [-0.2, -0.15) is 10.2 Å². The number of carbonyl (C=O) groups excluding carboxylic acids is 2. The number of nitriles is 1. The number of benzene rings is 1. The van der Waals surface area contributed by atoms with Crippen LogP contribution >= 0.6 is 0 Å². The van der Waals surface area contributed by atoms with E-state index in [4.69, 9.17) is 9.97 Å². The topological polar surface area (TPSA) is 105 Å². The van der Waals surface area contributed by atoms with E-state index in [9.17, 15) is 14.9 Å². The van der Waals surface area contributed by atoms with Crippen molar-refractivity contribution in [1.82, 2.24) is 19.8 Å². The molecule has 0 radical (unpaired) electrons. The highest BCUT2D eigenvalue weighted by Crippen LogP contribution is 2.33. The maximum Gasteiger partial charge on any atom is 0.273 e. The molecule has 2 amide bonds. The van der Waals surface area contributed by atoms with Crippen molar-refractivity contribution in [2.45, 2.75) is 65.6 Å². The fraction of sp³-hybridized carbons (Fsp3) is 0.519. The molecule has 9 nitrogen and oxygen atoms in total. The lowest BCUT2D eigenvalue weighted by Gasteiger charge is -2.34. The summed E-state index contributed by atoms with van der Waals surface area (Å²) in [7, 11) is 0. The van der Waals surface area contributed by atoms with E-state index < -0.39 is 5.41 Å². The Balaban J connectivity index is 1.63. The molecule has 1 aromatic heterocycles. The highest BCUT2D eigenvalue weighted by molar-refractivity contribution is 5.98. The zero-order valence-electron chi connectivity index (χ0n) is 22.0. The SMILES string of the molecule is CC(=O)N1CCN(c2nc(NC(C)c3ccc(C(C)(C)C#N)cc3)c3c(n2)C(=O)N(C(C)C)C3)CC1. The number of fused-ring (bicyclic) bond motifs is 1. The number of hydrogen-bond donors (Lipinski definition) is 1. The second-order valence-corrected chi connectivity index (χ2v) is 10.4. The smallest absolute Gasteiger partial charge is 0.273 e. The summed E-state index contributed by atoms with van der Waals surface area (Å²) in [6, 6.07) is 10.4. The first-order chi connectivity index (χ1) is 17.0. The molecule has 2 aliphatic heterocycles. The normalized spacial score (nSPS) is 16.7. The van der Waals surface area contributed by atoms with Crippen molar-refractivity contribution in [2.24, 2.45) is 0 Å². The molecule has 36 heavy (non-hydrogen) atoms. The number of rotatable bonds is 6. The van der Waals surface area contributed by atoms with Gasteiger partial charge in [0.25, 0.3) is 5.91 Å². The van der Waals surface area contributed by atoms with Crippen LogP contribution in [0.25, 0.3) is 0 Å². The molecule has 1 fully saturated rings. The fourth-order valence-corrected chi connectivity index (χ4v) is 4.62. The summed E-state index contributed by atoms with van der Waals surface area (Å²) >= 11 is 0. The lowest BCUT2D eigenvalue weighted by atomic mass is 9.85. The van der Waals surface area contributed by atoms with E-state index in [2.05, 4.69) is 18.3 Å². The Morgan fingerprint density at radius 3 is 2.28 bits per heavy atom. The summed E-state index contributed by atoms with van der Waals surface area (Å²) in [4.78, 5) is 40.2. The van der Waals surface area contributed by atoms with Gasteiger partial charge in [0.1, 0.15) is 11.5 Å². The Morgan fingerprint density at radius 2 is 1.72 bits per heavy atom. The van der Waals surface area contributed by atoms with Gasteiger partial charge in [-0.05, 0) is 45.7 Å². The lowest BCUT2D eigenvalue weighted by molar-refractivity contribution is -0.129. The van der Waals surface area contributed by atoms with Crippen LogP contribution in [0.5, 0.6) is 0 Å². The Kier molecular flexibility index (Phi) is 6.90. The molecule has 0 spiro atoms. The summed E-state index contributed by atoms with van der Waals surface area (Å²) in [6.45, 7) is 14.4. The van der Waals surface area contributed by atoms with E-state index in [-0.39, 0.29) is 23.9 Å². The van der Waals surface area contributed by atoms with E-state index >= 15 is 0 Å². The van der Waals surface area contributed by atoms with Crippen LogP contribution in [0, 0.1) is 11.3 Å². The van der Waals surface area contributed by atoms with Gasteiger partial charge in [0.15, 0.2) is 0 Å². The van der Waals surface area contributed by atoms with Crippen molar-refractivity contribution in [3.8, 4) is 6.07 Å². The number of hydrogen-bond acceptors (Lipinski definition) is 7. The van der Waals surface area contributed by atoms with Crippen LogP contribution in [-0.2, 0) is 16.8 Å². The first kappa shape index (κ1) is 25.4. The Morgan fingerprint density at radius 1 is 1.08 bits per heavy atom. The minimum absolute atomic E-state index is 0.0515. The summed E-state index contributed by atoms with van der Waals surface area (Å²) < 4.78 is 0. The van der Waals surface area contributed by atoms with E-state index in [0.29, 0.717) is 50.2 Å². The Bertz CT molecular complexity index is 1190. The molecule has 2 aliphatic rings. The average Bonchev–Trinajstić information content (AvgIpc) is 3.21. The van der Waals surface area contributed by atoms with Crippen molar-refractivity contribution in [2.75, 3.05) is 36.4 Å². The van der Waals surface area contributed by atoms with Gasteiger partial charge in [0.2, 0.25) is 11.9 Å². The molecule has 3 heterocycles. The van der Waals surface area contributed by atoms with Crippen LogP contribution in [0.15, 0.2) is 24.3 Å². The molecule has 2 aromatic rings. The Labute approximate surface area is 213 Å². The van der Waals surface area contributed by atoms with Gasteiger partial charge in [-0.25, -0.2) is 4.98 Å². The van der Waals surface area contributed by atoms with Gasteiger partial charge < -0.3 is 20.0 Å². The highest BCUT2D eigenvalue weighted by atomic mass is 16.2. The third kappa shape index (κ3) is 4.85.